The molecule has 0 saturated heterocycles. The average molecular weight is 307 g/mol. The zero-order chi connectivity index (χ0) is 16.1. The zero-order valence-corrected chi connectivity index (χ0v) is 13.0. The van der Waals surface area contributed by atoms with Crippen LogP contribution in [0.1, 0.15) is 37.0 Å². The smallest absolute Gasteiger partial charge is 0.339 e. The second kappa shape index (κ2) is 7.15. The number of rotatable bonds is 7. The van der Waals surface area contributed by atoms with Gasteiger partial charge in [-0.25, -0.2) is 4.79 Å². The van der Waals surface area contributed by atoms with Gasteiger partial charge >= 0.3 is 5.97 Å². The topological polar surface area (TPSA) is 73.9 Å². The van der Waals surface area contributed by atoms with Crippen molar-refractivity contribution in [1.29, 1.82) is 0 Å². The molecule has 1 saturated carbocycles. The number of nitrogens with one attached hydrogen (secondary N) is 1. The van der Waals surface area contributed by atoms with Crippen molar-refractivity contribution < 1.29 is 23.8 Å². The average Bonchev–Trinajstić information content (AvgIpc) is 3.31. The number of hydrogen-bond donors (Lipinski definition) is 1. The quantitative estimate of drug-likeness (QED) is 0.779. The van der Waals surface area contributed by atoms with Gasteiger partial charge in [0, 0.05) is 6.04 Å². The molecule has 1 aliphatic carbocycles. The lowest BCUT2D eigenvalue weighted by Gasteiger charge is -2.14. The van der Waals surface area contributed by atoms with Crippen molar-refractivity contribution in [3.63, 3.8) is 0 Å². The summed E-state index contributed by atoms with van der Waals surface area (Å²) < 4.78 is 15.8. The van der Waals surface area contributed by atoms with Crippen LogP contribution < -0.4 is 14.8 Å². The largest absolute Gasteiger partial charge is 0.493 e. The Bertz CT molecular complexity index is 553. The van der Waals surface area contributed by atoms with Crippen LogP contribution in [0.15, 0.2) is 18.2 Å². The van der Waals surface area contributed by atoms with Crippen LogP contribution in [0, 0.1) is 0 Å². The second-order valence-corrected chi connectivity index (χ2v) is 5.13. The van der Waals surface area contributed by atoms with Gasteiger partial charge in [-0.2, -0.15) is 0 Å². The van der Waals surface area contributed by atoms with E-state index in [2.05, 4.69) is 5.32 Å². The van der Waals surface area contributed by atoms with Gasteiger partial charge < -0.3 is 19.5 Å². The Hall–Kier alpha value is -2.24. The van der Waals surface area contributed by atoms with Gasteiger partial charge in [-0.3, -0.25) is 4.79 Å². The van der Waals surface area contributed by atoms with E-state index in [0.717, 1.165) is 12.8 Å². The third kappa shape index (κ3) is 4.13. The van der Waals surface area contributed by atoms with Gasteiger partial charge in [0.2, 0.25) is 0 Å². The minimum absolute atomic E-state index is 0.235. The Balaban J connectivity index is 2.01. The molecule has 1 fully saturated rings. The highest BCUT2D eigenvalue weighted by Gasteiger charge is 2.27. The monoisotopic (exact) mass is 307 g/mol. The summed E-state index contributed by atoms with van der Waals surface area (Å²) in [6.07, 6.45) is 1.15. The zero-order valence-electron chi connectivity index (χ0n) is 13.0. The van der Waals surface area contributed by atoms with E-state index in [9.17, 15) is 9.59 Å². The predicted molar refractivity (Wildman–Crippen MR) is 80.2 cm³/mol. The molecule has 6 nitrogen and oxygen atoms in total. The van der Waals surface area contributed by atoms with E-state index in [4.69, 9.17) is 14.2 Å². The van der Waals surface area contributed by atoms with Crippen molar-refractivity contribution in [3.8, 4) is 11.5 Å². The maximum atomic E-state index is 12.1. The maximum absolute atomic E-state index is 12.1. The van der Waals surface area contributed by atoms with Crippen molar-refractivity contribution in [2.24, 2.45) is 0 Å². The van der Waals surface area contributed by atoms with Crippen molar-refractivity contribution in [2.75, 3.05) is 13.7 Å². The number of carbonyl (C=O) groups excluding carboxylic acids is 2. The molecule has 0 aliphatic heterocycles. The van der Waals surface area contributed by atoms with Crippen LogP contribution in [0.4, 0.5) is 0 Å². The van der Waals surface area contributed by atoms with Crippen LogP contribution in [-0.4, -0.2) is 37.7 Å². The van der Waals surface area contributed by atoms with Crippen LogP contribution in [0.25, 0.3) is 0 Å². The van der Waals surface area contributed by atoms with E-state index >= 15 is 0 Å². The molecule has 1 N–H and O–H groups in total. The molecule has 6 heteroatoms. The molecular weight excluding hydrogens is 286 g/mol. The first-order valence-electron chi connectivity index (χ1n) is 7.37. The fourth-order valence-corrected chi connectivity index (χ4v) is 1.90. The standard InChI is InChI=1S/C16H21NO5/c1-4-21-14-9-11(5-8-13(14)20-3)16(19)22-10(2)15(18)17-12-6-7-12/h5,8-10,12H,4,6-7H2,1-3H3,(H,17,18)/t10-/m1/s1. The number of esters is 1. The molecule has 0 heterocycles. The van der Waals surface area contributed by atoms with Gasteiger partial charge in [0.1, 0.15) is 0 Å². The van der Waals surface area contributed by atoms with Crippen molar-refractivity contribution in [3.05, 3.63) is 23.8 Å². The molecule has 1 amide bonds. The van der Waals surface area contributed by atoms with E-state index in [1.807, 2.05) is 6.92 Å². The summed E-state index contributed by atoms with van der Waals surface area (Å²) in [5, 5.41) is 2.80. The lowest BCUT2D eigenvalue weighted by Crippen LogP contribution is -2.37. The van der Waals surface area contributed by atoms with Crippen LogP contribution in [0.5, 0.6) is 11.5 Å². The molecule has 0 radical (unpaired) electrons. The Kier molecular flexibility index (Phi) is 5.25. The third-order valence-electron chi connectivity index (χ3n) is 3.28. The molecular formula is C16H21NO5. The predicted octanol–water partition coefficient (Wildman–Crippen LogP) is 1.92. The maximum Gasteiger partial charge on any atom is 0.339 e. The summed E-state index contributed by atoms with van der Waals surface area (Å²) >= 11 is 0. The summed E-state index contributed by atoms with van der Waals surface area (Å²) in [4.78, 5) is 23.9. The Labute approximate surface area is 129 Å². The highest BCUT2D eigenvalue weighted by molar-refractivity contribution is 5.93. The summed E-state index contributed by atoms with van der Waals surface area (Å²) in [5.74, 6) is 0.170. The minimum atomic E-state index is -0.828. The lowest BCUT2D eigenvalue weighted by molar-refractivity contribution is -0.129. The first-order chi connectivity index (χ1) is 10.5. The Morgan fingerprint density at radius 1 is 1.32 bits per heavy atom. The molecule has 1 aromatic rings. The summed E-state index contributed by atoms with van der Waals surface area (Å²) in [7, 11) is 1.53. The van der Waals surface area contributed by atoms with Crippen LogP contribution in [0.2, 0.25) is 0 Å². The van der Waals surface area contributed by atoms with Gasteiger partial charge in [0.25, 0.3) is 5.91 Å². The number of hydrogen-bond acceptors (Lipinski definition) is 5. The first kappa shape index (κ1) is 16.1. The Morgan fingerprint density at radius 2 is 2.05 bits per heavy atom. The summed E-state index contributed by atoms with van der Waals surface area (Å²) in [6.45, 7) is 3.85. The summed E-state index contributed by atoms with van der Waals surface area (Å²) in [6, 6.07) is 5.00. The minimum Gasteiger partial charge on any atom is -0.493 e. The lowest BCUT2D eigenvalue weighted by atomic mass is 10.2. The van der Waals surface area contributed by atoms with Gasteiger partial charge in [-0.05, 0) is 44.9 Å². The number of amides is 1. The molecule has 120 valence electrons. The van der Waals surface area contributed by atoms with Crippen molar-refractivity contribution >= 4 is 11.9 Å². The first-order valence-corrected chi connectivity index (χ1v) is 7.37. The molecule has 2 rings (SSSR count). The van der Waals surface area contributed by atoms with Gasteiger partial charge in [0.05, 0.1) is 19.3 Å². The molecule has 1 aromatic carbocycles. The van der Waals surface area contributed by atoms with E-state index in [0.29, 0.717) is 23.7 Å². The van der Waals surface area contributed by atoms with Crippen LogP contribution >= 0.6 is 0 Å². The van der Waals surface area contributed by atoms with Crippen LogP contribution in [0.3, 0.4) is 0 Å². The molecule has 0 unspecified atom stereocenters. The highest BCUT2D eigenvalue weighted by Crippen LogP contribution is 2.28. The molecule has 1 atom stereocenters. The number of carbonyl (C=O) groups is 2. The second-order valence-electron chi connectivity index (χ2n) is 5.13. The third-order valence-corrected chi connectivity index (χ3v) is 3.28. The van der Waals surface area contributed by atoms with E-state index in [1.54, 1.807) is 25.1 Å². The van der Waals surface area contributed by atoms with Gasteiger partial charge in [0.15, 0.2) is 17.6 Å². The fraction of sp³-hybridized carbons (Fsp3) is 0.500. The van der Waals surface area contributed by atoms with Gasteiger partial charge in [-0.1, -0.05) is 0 Å². The van der Waals surface area contributed by atoms with E-state index in [1.165, 1.54) is 7.11 Å². The number of methoxy groups -OCH3 is 1. The van der Waals surface area contributed by atoms with Crippen molar-refractivity contribution in [1.82, 2.24) is 5.32 Å². The van der Waals surface area contributed by atoms with Crippen LogP contribution in [-0.2, 0) is 9.53 Å². The molecule has 1 aliphatic rings. The summed E-state index contributed by atoms with van der Waals surface area (Å²) in [5.41, 5.74) is 0.315. The van der Waals surface area contributed by atoms with Gasteiger partial charge in [-0.15, -0.1) is 0 Å². The normalized spacial score (nSPS) is 14.9. The van der Waals surface area contributed by atoms with E-state index in [-0.39, 0.29) is 11.9 Å². The molecule has 0 bridgehead atoms. The molecule has 22 heavy (non-hydrogen) atoms. The molecule has 0 aromatic heterocycles. The number of ether oxygens (including phenoxy) is 3. The Morgan fingerprint density at radius 3 is 2.64 bits per heavy atom. The SMILES string of the molecule is CCOc1cc(C(=O)O[C@H](C)C(=O)NC2CC2)ccc1OC. The highest BCUT2D eigenvalue weighted by atomic mass is 16.5. The molecule has 0 spiro atoms. The fourth-order valence-electron chi connectivity index (χ4n) is 1.90. The number of benzene rings is 1. The van der Waals surface area contributed by atoms with E-state index < -0.39 is 12.1 Å². The van der Waals surface area contributed by atoms with Crippen molar-refractivity contribution in [2.45, 2.75) is 38.8 Å².